The summed E-state index contributed by atoms with van der Waals surface area (Å²) in [4.78, 5) is 33.0. The maximum absolute atomic E-state index is 12.6. The van der Waals surface area contributed by atoms with E-state index in [0.29, 0.717) is 23.0 Å². The quantitative estimate of drug-likeness (QED) is 0.409. The fourth-order valence-electron chi connectivity index (χ4n) is 3.33. The van der Waals surface area contributed by atoms with Crippen LogP contribution in [0, 0.1) is 0 Å². The van der Waals surface area contributed by atoms with E-state index in [1.807, 2.05) is 31.3 Å². The number of hydrogen-bond donors (Lipinski definition) is 3. The van der Waals surface area contributed by atoms with Crippen LogP contribution in [-0.2, 0) is 11.2 Å². The van der Waals surface area contributed by atoms with Crippen molar-refractivity contribution >= 4 is 34.4 Å². The second-order valence-corrected chi connectivity index (χ2v) is 7.82. The highest BCUT2D eigenvalue weighted by atomic mass is 35.5. The van der Waals surface area contributed by atoms with Crippen molar-refractivity contribution in [1.29, 1.82) is 0 Å². The van der Waals surface area contributed by atoms with Crippen LogP contribution in [0.15, 0.2) is 55.4 Å². The molecular weight excluding hydrogens is 414 g/mol. The number of nitrogens with zero attached hydrogens (tertiary/aromatic N) is 4. The lowest BCUT2D eigenvalue weighted by Gasteiger charge is -2.19. The summed E-state index contributed by atoms with van der Waals surface area (Å²) in [5.74, 6) is 0.385. The predicted molar refractivity (Wildman–Crippen MR) is 121 cm³/mol. The first-order chi connectivity index (χ1) is 15.0. The third kappa shape index (κ3) is 4.97. The number of aromatic amines is 1. The van der Waals surface area contributed by atoms with E-state index < -0.39 is 6.04 Å². The summed E-state index contributed by atoms with van der Waals surface area (Å²) < 4.78 is 0. The molecule has 8 nitrogen and oxygen atoms in total. The van der Waals surface area contributed by atoms with E-state index in [1.165, 1.54) is 0 Å². The van der Waals surface area contributed by atoms with Gasteiger partial charge in [-0.1, -0.05) is 17.7 Å². The molecule has 31 heavy (non-hydrogen) atoms. The average Bonchev–Trinajstić information content (AvgIpc) is 3.17. The van der Waals surface area contributed by atoms with Gasteiger partial charge in [0.05, 0.1) is 23.1 Å². The number of anilines is 1. The summed E-state index contributed by atoms with van der Waals surface area (Å²) in [6.07, 6.45) is 10.9. The third-order valence-electron chi connectivity index (χ3n) is 4.82. The topological polar surface area (TPSA) is 108 Å². The molecule has 0 aliphatic carbocycles. The first-order valence-corrected chi connectivity index (χ1v) is 10.3. The third-order valence-corrected chi connectivity index (χ3v) is 5.03. The minimum Gasteiger partial charge on any atom is -0.357 e. The average molecular weight is 436 g/mol. The number of aromatic nitrogens is 5. The number of carbonyl (C=O) groups excluding carboxylic acids is 1. The van der Waals surface area contributed by atoms with Crippen molar-refractivity contribution in [2.45, 2.75) is 32.4 Å². The molecule has 0 bridgehead atoms. The van der Waals surface area contributed by atoms with Gasteiger partial charge in [0.15, 0.2) is 0 Å². The van der Waals surface area contributed by atoms with Gasteiger partial charge in [-0.15, -0.1) is 0 Å². The van der Waals surface area contributed by atoms with E-state index in [2.05, 4.69) is 35.6 Å². The van der Waals surface area contributed by atoms with Gasteiger partial charge in [0.25, 0.3) is 0 Å². The van der Waals surface area contributed by atoms with Crippen LogP contribution in [-0.4, -0.2) is 42.9 Å². The van der Waals surface area contributed by atoms with E-state index in [0.717, 1.165) is 22.2 Å². The van der Waals surface area contributed by atoms with Gasteiger partial charge in [-0.2, -0.15) is 0 Å². The Labute approximate surface area is 184 Å². The zero-order valence-electron chi connectivity index (χ0n) is 17.1. The Bertz CT molecular complexity index is 1190. The lowest BCUT2D eigenvalue weighted by atomic mass is 10.1. The summed E-state index contributed by atoms with van der Waals surface area (Å²) >= 11 is 6.09. The van der Waals surface area contributed by atoms with Gasteiger partial charge in [-0.3, -0.25) is 14.8 Å². The van der Waals surface area contributed by atoms with E-state index in [1.54, 1.807) is 37.9 Å². The number of halogens is 1. The van der Waals surface area contributed by atoms with Gasteiger partial charge in [-0.25, -0.2) is 9.97 Å². The first-order valence-electron chi connectivity index (χ1n) is 9.90. The minimum atomic E-state index is -0.486. The van der Waals surface area contributed by atoms with E-state index in [-0.39, 0.29) is 11.9 Å². The molecule has 4 rings (SSSR count). The van der Waals surface area contributed by atoms with Gasteiger partial charge >= 0.3 is 0 Å². The lowest BCUT2D eigenvalue weighted by molar-refractivity contribution is -0.122. The molecule has 3 N–H and O–H groups in total. The Morgan fingerprint density at radius 2 is 2.06 bits per heavy atom. The number of carbonyl (C=O) groups is 1. The van der Waals surface area contributed by atoms with E-state index in [4.69, 9.17) is 11.6 Å². The van der Waals surface area contributed by atoms with Gasteiger partial charge in [-0.05, 0) is 38.0 Å². The molecule has 1 unspecified atom stereocenters. The normalized spacial score (nSPS) is 13.0. The van der Waals surface area contributed by atoms with Crippen molar-refractivity contribution in [3.05, 3.63) is 66.0 Å². The van der Waals surface area contributed by atoms with Crippen LogP contribution in [0.5, 0.6) is 0 Å². The summed E-state index contributed by atoms with van der Waals surface area (Å²) in [7, 11) is 0. The SMILES string of the molecule is CC(Cc1cccnc1)NC(=O)[C@@H](C)Nc1cncc(-c2c[nH]c3ncc(Cl)cc23)n1. The number of pyridine rings is 2. The van der Waals surface area contributed by atoms with Crippen molar-refractivity contribution in [2.24, 2.45) is 0 Å². The van der Waals surface area contributed by atoms with Crippen LogP contribution in [0.3, 0.4) is 0 Å². The predicted octanol–water partition coefficient (Wildman–Crippen LogP) is 3.62. The van der Waals surface area contributed by atoms with Crippen LogP contribution in [0.2, 0.25) is 5.02 Å². The van der Waals surface area contributed by atoms with Gasteiger partial charge in [0, 0.05) is 41.8 Å². The molecule has 4 aromatic rings. The fraction of sp³-hybridized carbons (Fsp3) is 0.227. The monoisotopic (exact) mass is 435 g/mol. The van der Waals surface area contributed by atoms with Crippen molar-refractivity contribution in [2.75, 3.05) is 5.32 Å². The maximum Gasteiger partial charge on any atom is 0.242 e. The van der Waals surface area contributed by atoms with Gasteiger partial charge in [0.2, 0.25) is 5.91 Å². The molecule has 0 aromatic carbocycles. The zero-order chi connectivity index (χ0) is 21.8. The molecule has 2 atom stereocenters. The minimum absolute atomic E-state index is 0.0261. The maximum atomic E-state index is 12.6. The number of H-pyrrole nitrogens is 1. The molecular formula is C22H22ClN7O. The molecule has 0 saturated carbocycles. The summed E-state index contributed by atoms with van der Waals surface area (Å²) in [6.45, 7) is 3.75. The van der Waals surface area contributed by atoms with E-state index >= 15 is 0 Å². The molecule has 9 heteroatoms. The van der Waals surface area contributed by atoms with Gasteiger partial charge < -0.3 is 15.6 Å². The molecule has 0 saturated heterocycles. The summed E-state index contributed by atoms with van der Waals surface area (Å²) in [5, 5.41) is 7.54. The Hall–Kier alpha value is -3.52. The highest BCUT2D eigenvalue weighted by molar-refractivity contribution is 6.31. The Balaban J connectivity index is 1.43. The summed E-state index contributed by atoms with van der Waals surface area (Å²) in [5.41, 5.74) is 3.28. The standard InChI is InChI=1S/C22H22ClN7O/c1-13(6-15-4-3-5-24-8-15)28-22(31)14(2)29-20-12-25-11-19(30-20)18-10-27-21-17(18)7-16(23)9-26-21/h3-5,7-14H,6H2,1-2H3,(H,26,27)(H,28,31)(H,29,30)/t13?,14-/m1/s1. The fourth-order valence-corrected chi connectivity index (χ4v) is 3.49. The van der Waals surface area contributed by atoms with Gasteiger partial charge in [0.1, 0.15) is 17.5 Å². The van der Waals surface area contributed by atoms with Crippen LogP contribution in [0.25, 0.3) is 22.3 Å². The van der Waals surface area contributed by atoms with Crippen LogP contribution >= 0.6 is 11.6 Å². The highest BCUT2D eigenvalue weighted by Crippen LogP contribution is 2.28. The van der Waals surface area contributed by atoms with Crippen LogP contribution in [0.1, 0.15) is 19.4 Å². The molecule has 158 valence electrons. The molecule has 0 radical (unpaired) electrons. The molecule has 0 fully saturated rings. The lowest BCUT2D eigenvalue weighted by Crippen LogP contribution is -2.43. The molecule has 0 aliphatic rings. The molecule has 0 spiro atoms. The molecule has 1 amide bonds. The Morgan fingerprint density at radius 1 is 1.19 bits per heavy atom. The number of amides is 1. The highest BCUT2D eigenvalue weighted by Gasteiger charge is 2.17. The smallest absolute Gasteiger partial charge is 0.242 e. The molecule has 4 aromatic heterocycles. The number of rotatable bonds is 7. The molecule has 4 heterocycles. The number of hydrogen-bond acceptors (Lipinski definition) is 6. The van der Waals surface area contributed by atoms with Crippen molar-refractivity contribution < 1.29 is 4.79 Å². The summed E-state index contributed by atoms with van der Waals surface area (Å²) in [6, 6.07) is 5.20. The number of fused-ring (bicyclic) bond motifs is 1. The second-order valence-electron chi connectivity index (χ2n) is 7.38. The van der Waals surface area contributed by atoms with Crippen LogP contribution in [0.4, 0.5) is 5.82 Å². The number of nitrogens with one attached hydrogen (secondary N) is 3. The van der Waals surface area contributed by atoms with Crippen molar-refractivity contribution in [1.82, 2.24) is 30.2 Å². The van der Waals surface area contributed by atoms with E-state index in [9.17, 15) is 4.79 Å². The second kappa shape index (κ2) is 9.09. The first kappa shape index (κ1) is 20.7. The largest absolute Gasteiger partial charge is 0.357 e. The van der Waals surface area contributed by atoms with Crippen molar-refractivity contribution in [3.63, 3.8) is 0 Å². The Kier molecular flexibility index (Phi) is 6.08. The Morgan fingerprint density at radius 3 is 2.87 bits per heavy atom. The van der Waals surface area contributed by atoms with Crippen molar-refractivity contribution in [3.8, 4) is 11.3 Å². The van der Waals surface area contributed by atoms with Crippen LogP contribution < -0.4 is 10.6 Å². The molecule has 0 aliphatic heterocycles. The zero-order valence-corrected chi connectivity index (χ0v) is 17.9.